The van der Waals surface area contributed by atoms with Crippen LogP contribution in [0.3, 0.4) is 0 Å². The first-order valence-corrected chi connectivity index (χ1v) is 3.09. The Balaban J connectivity index is 0.00000121. The zero-order valence-electron chi connectivity index (χ0n) is 6.57. The molecule has 0 aromatic carbocycles. The maximum atomic E-state index is 7.07. The number of nitrogens with zero attached hydrogens (tertiary/aromatic N) is 1. The van der Waals surface area contributed by atoms with Crippen LogP contribution >= 0.6 is 12.4 Å². The van der Waals surface area contributed by atoms with Crippen molar-refractivity contribution in [2.75, 3.05) is 7.11 Å². The van der Waals surface area contributed by atoms with Crippen molar-refractivity contribution in [3.05, 3.63) is 23.9 Å². The lowest BCUT2D eigenvalue weighted by atomic mass is 10.3. The molecule has 0 atom stereocenters. The zero-order chi connectivity index (χ0) is 8.27. The molecule has 1 aromatic heterocycles. The normalized spacial score (nSPS) is 8.42. The smallest absolute Gasteiger partial charge is 0.213 e. The number of hydrogen-bond acceptors (Lipinski definition) is 3. The Morgan fingerprint density at radius 1 is 1.58 bits per heavy atom. The fraction of sp³-hybridized carbons (Fsp3) is 0.143. The van der Waals surface area contributed by atoms with Gasteiger partial charge in [-0.25, -0.2) is 4.98 Å². The number of halogens is 1. The summed E-state index contributed by atoms with van der Waals surface area (Å²) in [7, 11) is 1.52. The molecule has 0 saturated heterocycles. The van der Waals surface area contributed by atoms with E-state index in [0.29, 0.717) is 11.6 Å². The van der Waals surface area contributed by atoms with Gasteiger partial charge in [-0.1, -0.05) is 6.07 Å². The Morgan fingerprint density at radius 2 is 2.25 bits per heavy atom. The first kappa shape index (κ1) is 10.7. The third-order valence-electron chi connectivity index (χ3n) is 1.21. The molecule has 12 heavy (non-hydrogen) atoms. The second-order valence-electron chi connectivity index (χ2n) is 1.98. The van der Waals surface area contributed by atoms with Crippen LogP contribution in [0.4, 0.5) is 0 Å². The highest BCUT2D eigenvalue weighted by atomic mass is 35.5. The molecule has 0 radical (unpaired) electrons. The van der Waals surface area contributed by atoms with Crippen LogP contribution in [0.15, 0.2) is 18.2 Å². The number of nitrogen functional groups attached to an aromatic ring is 1. The third kappa shape index (κ3) is 2.39. The highest BCUT2D eigenvalue weighted by molar-refractivity contribution is 5.93. The van der Waals surface area contributed by atoms with E-state index in [1.54, 1.807) is 18.2 Å². The maximum Gasteiger partial charge on any atom is 0.213 e. The fourth-order valence-electron chi connectivity index (χ4n) is 0.679. The molecule has 0 fully saturated rings. The topological polar surface area (TPSA) is 72.0 Å². The van der Waals surface area contributed by atoms with Crippen molar-refractivity contribution in [3.8, 4) is 5.88 Å². The minimum absolute atomic E-state index is 0. The molecule has 5 heteroatoms. The molecule has 0 bridgehead atoms. The Kier molecular flexibility index (Phi) is 4.07. The van der Waals surface area contributed by atoms with Gasteiger partial charge >= 0.3 is 0 Å². The Morgan fingerprint density at radius 3 is 2.75 bits per heavy atom. The summed E-state index contributed by atoms with van der Waals surface area (Å²) in [5, 5.41) is 7.07. The van der Waals surface area contributed by atoms with Gasteiger partial charge in [0.1, 0.15) is 11.5 Å². The quantitative estimate of drug-likeness (QED) is 0.531. The highest BCUT2D eigenvalue weighted by Crippen LogP contribution is 2.05. The summed E-state index contributed by atoms with van der Waals surface area (Å²) >= 11 is 0. The van der Waals surface area contributed by atoms with Crippen molar-refractivity contribution in [3.63, 3.8) is 0 Å². The van der Waals surface area contributed by atoms with E-state index >= 15 is 0 Å². The second kappa shape index (κ2) is 4.56. The van der Waals surface area contributed by atoms with Crippen LogP contribution in [-0.2, 0) is 0 Å². The van der Waals surface area contributed by atoms with Crippen molar-refractivity contribution in [2.24, 2.45) is 5.73 Å². The zero-order valence-corrected chi connectivity index (χ0v) is 7.39. The molecule has 0 amide bonds. The van der Waals surface area contributed by atoms with E-state index in [9.17, 15) is 0 Å². The van der Waals surface area contributed by atoms with Crippen molar-refractivity contribution in [2.45, 2.75) is 0 Å². The van der Waals surface area contributed by atoms with Crippen molar-refractivity contribution in [1.82, 2.24) is 4.98 Å². The van der Waals surface area contributed by atoms with Crippen LogP contribution in [0.25, 0.3) is 0 Å². The molecule has 1 aromatic rings. The largest absolute Gasteiger partial charge is 0.481 e. The van der Waals surface area contributed by atoms with Crippen LogP contribution < -0.4 is 10.5 Å². The SMILES string of the molecule is COc1cccc(C(=N)N)n1.Cl. The molecule has 0 aliphatic rings. The molecule has 0 unspecified atom stereocenters. The van der Waals surface area contributed by atoms with Gasteiger partial charge in [0.25, 0.3) is 0 Å². The van der Waals surface area contributed by atoms with Crippen molar-refractivity contribution >= 4 is 18.2 Å². The number of rotatable bonds is 2. The summed E-state index contributed by atoms with van der Waals surface area (Å²) in [6.45, 7) is 0. The maximum absolute atomic E-state index is 7.07. The van der Waals surface area contributed by atoms with Gasteiger partial charge < -0.3 is 10.5 Å². The van der Waals surface area contributed by atoms with Crippen LogP contribution in [0, 0.1) is 5.41 Å². The minimum Gasteiger partial charge on any atom is -0.481 e. The summed E-state index contributed by atoms with van der Waals surface area (Å²) in [5.41, 5.74) is 5.64. The number of nitrogens with one attached hydrogen (secondary N) is 1. The lowest BCUT2D eigenvalue weighted by Crippen LogP contribution is -2.13. The molecular weight excluding hydrogens is 178 g/mol. The van der Waals surface area contributed by atoms with E-state index < -0.39 is 0 Å². The van der Waals surface area contributed by atoms with Gasteiger partial charge in [0.15, 0.2) is 0 Å². The number of pyridine rings is 1. The van der Waals surface area contributed by atoms with E-state index in [1.165, 1.54) is 7.11 Å². The number of nitrogens with two attached hydrogens (primary N) is 1. The summed E-state index contributed by atoms with van der Waals surface area (Å²) in [4.78, 5) is 3.92. The molecule has 1 rings (SSSR count). The predicted molar refractivity (Wildman–Crippen MR) is 49.1 cm³/mol. The monoisotopic (exact) mass is 187 g/mol. The van der Waals surface area contributed by atoms with Gasteiger partial charge in [0, 0.05) is 6.07 Å². The molecule has 4 nitrogen and oxygen atoms in total. The lowest BCUT2D eigenvalue weighted by Gasteiger charge is -1.99. The summed E-state index contributed by atoms with van der Waals surface area (Å²) < 4.78 is 4.84. The van der Waals surface area contributed by atoms with Crippen molar-refractivity contribution in [1.29, 1.82) is 5.41 Å². The van der Waals surface area contributed by atoms with E-state index in [0.717, 1.165) is 0 Å². The molecule has 3 N–H and O–H groups in total. The first-order valence-electron chi connectivity index (χ1n) is 3.09. The van der Waals surface area contributed by atoms with Gasteiger partial charge in [-0.3, -0.25) is 5.41 Å². The molecule has 66 valence electrons. The predicted octanol–water partition coefficient (Wildman–Crippen LogP) is 0.796. The Hall–Kier alpha value is -1.29. The van der Waals surface area contributed by atoms with E-state index in [4.69, 9.17) is 15.9 Å². The van der Waals surface area contributed by atoms with Crippen LogP contribution in [0.2, 0.25) is 0 Å². The highest BCUT2D eigenvalue weighted by Gasteiger charge is 1.98. The first-order chi connectivity index (χ1) is 5.24. The van der Waals surface area contributed by atoms with Gasteiger partial charge in [0.2, 0.25) is 5.88 Å². The number of aromatic nitrogens is 1. The van der Waals surface area contributed by atoms with Gasteiger partial charge in [-0.15, -0.1) is 12.4 Å². The van der Waals surface area contributed by atoms with E-state index in [-0.39, 0.29) is 18.2 Å². The summed E-state index contributed by atoms with van der Waals surface area (Å²) in [6, 6.07) is 5.10. The average Bonchev–Trinajstić information content (AvgIpc) is 2.05. The summed E-state index contributed by atoms with van der Waals surface area (Å²) in [5.74, 6) is 0.418. The Bertz CT molecular complexity index is 277. The third-order valence-corrected chi connectivity index (χ3v) is 1.21. The molecule has 1 heterocycles. The molecule has 0 saturated carbocycles. The number of methoxy groups -OCH3 is 1. The molecular formula is C7H10ClN3O. The van der Waals surface area contributed by atoms with Gasteiger partial charge in [-0.05, 0) is 6.07 Å². The van der Waals surface area contributed by atoms with Gasteiger partial charge in [-0.2, -0.15) is 0 Å². The van der Waals surface area contributed by atoms with E-state index in [2.05, 4.69) is 4.98 Å². The van der Waals surface area contributed by atoms with Crippen LogP contribution in [-0.4, -0.2) is 17.9 Å². The molecule has 0 aliphatic carbocycles. The standard InChI is InChI=1S/C7H9N3O.ClH/c1-11-6-4-2-3-5(10-6)7(8)9;/h2-4H,1H3,(H3,8,9);1H. The van der Waals surface area contributed by atoms with E-state index in [1.807, 2.05) is 0 Å². The second-order valence-corrected chi connectivity index (χ2v) is 1.98. The minimum atomic E-state index is -0.0519. The van der Waals surface area contributed by atoms with Crippen LogP contribution in [0.5, 0.6) is 5.88 Å². The average molecular weight is 188 g/mol. The molecule has 0 spiro atoms. The van der Waals surface area contributed by atoms with Crippen LogP contribution in [0.1, 0.15) is 5.69 Å². The number of amidine groups is 1. The fourth-order valence-corrected chi connectivity index (χ4v) is 0.679. The van der Waals surface area contributed by atoms with Crippen molar-refractivity contribution < 1.29 is 4.74 Å². The number of hydrogen-bond donors (Lipinski definition) is 2. The summed E-state index contributed by atoms with van der Waals surface area (Å²) in [6.07, 6.45) is 0. The van der Waals surface area contributed by atoms with Gasteiger partial charge in [0.05, 0.1) is 7.11 Å². The molecule has 0 aliphatic heterocycles. The lowest BCUT2D eigenvalue weighted by molar-refractivity contribution is 0.397. The Labute approximate surface area is 76.7 Å². The number of ether oxygens (including phenoxy) is 1.